The van der Waals surface area contributed by atoms with Crippen molar-refractivity contribution in [2.24, 2.45) is 13.0 Å². The number of aryl methyl sites for hydroxylation is 1. The van der Waals surface area contributed by atoms with E-state index in [2.05, 4.69) is 15.4 Å². The van der Waals surface area contributed by atoms with Crippen LogP contribution in [-0.4, -0.2) is 33.6 Å². The molecule has 1 N–H and O–H groups in total. The highest BCUT2D eigenvalue weighted by molar-refractivity contribution is 7.17. The topological polar surface area (TPSA) is 59.8 Å². The first-order valence-corrected chi connectivity index (χ1v) is 11.9. The second-order valence-corrected chi connectivity index (χ2v) is 9.56. The monoisotopic (exact) mass is 460 g/mol. The Balaban J connectivity index is 1.38. The van der Waals surface area contributed by atoms with Crippen molar-refractivity contribution in [3.63, 3.8) is 0 Å². The van der Waals surface area contributed by atoms with E-state index in [4.69, 9.17) is 0 Å². The van der Waals surface area contributed by atoms with Gasteiger partial charge in [-0.1, -0.05) is 12.1 Å². The van der Waals surface area contributed by atoms with E-state index in [0.717, 1.165) is 51.6 Å². The van der Waals surface area contributed by atoms with Crippen molar-refractivity contribution >= 4 is 17.1 Å². The molecule has 5 nitrogen and oxygen atoms in total. The largest absolute Gasteiger partial charge is 0.316 e. The summed E-state index contributed by atoms with van der Waals surface area (Å²) in [5.41, 5.74) is 4.03. The minimum absolute atomic E-state index is 0.133. The average Bonchev–Trinajstić information content (AvgIpc) is 3.47. The number of nitrogens with zero attached hydrogens (tertiary/aromatic N) is 3. The molecule has 0 radical (unpaired) electrons. The van der Waals surface area contributed by atoms with E-state index in [9.17, 15) is 9.18 Å². The molecule has 1 fully saturated rings. The summed E-state index contributed by atoms with van der Waals surface area (Å²) < 4.78 is 15.7. The molecule has 0 aliphatic carbocycles. The number of Topliss-reactive ketones (excluding diaryl/α,β-unsaturated/α-hetero) is 1. The Morgan fingerprint density at radius 1 is 1.21 bits per heavy atom. The van der Waals surface area contributed by atoms with Crippen molar-refractivity contribution in [3.8, 4) is 21.7 Å². The van der Waals surface area contributed by atoms with Crippen molar-refractivity contribution in [1.82, 2.24) is 20.1 Å². The van der Waals surface area contributed by atoms with Gasteiger partial charge in [0.05, 0.1) is 21.6 Å². The van der Waals surface area contributed by atoms with Crippen molar-refractivity contribution in [3.05, 3.63) is 83.4 Å². The normalized spacial score (nSPS) is 18.4. The Hall–Kier alpha value is -3.16. The van der Waals surface area contributed by atoms with E-state index in [1.165, 1.54) is 17.4 Å². The summed E-state index contributed by atoms with van der Waals surface area (Å²) in [5, 5.41) is 7.85. The van der Waals surface area contributed by atoms with E-state index in [-0.39, 0.29) is 23.4 Å². The van der Waals surface area contributed by atoms with Crippen molar-refractivity contribution in [2.75, 3.05) is 13.1 Å². The first-order valence-electron chi connectivity index (χ1n) is 11.1. The molecule has 3 aromatic heterocycles. The lowest BCUT2D eigenvalue weighted by Gasteiger charge is -2.32. The summed E-state index contributed by atoms with van der Waals surface area (Å²) in [4.78, 5) is 19.1. The summed E-state index contributed by atoms with van der Waals surface area (Å²) >= 11 is 1.50. The third kappa shape index (κ3) is 4.51. The lowest BCUT2D eigenvalue weighted by atomic mass is 9.78. The van der Waals surface area contributed by atoms with Crippen LogP contribution in [0.15, 0.2) is 67.1 Å². The van der Waals surface area contributed by atoms with Gasteiger partial charge in [0, 0.05) is 31.4 Å². The molecule has 0 unspecified atom stereocenters. The van der Waals surface area contributed by atoms with Crippen LogP contribution in [0.4, 0.5) is 4.39 Å². The quantitative estimate of drug-likeness (QED) is 0.396. The fraction of sp³-hybridized carbons (Fsp3) is 0.269. The zero-order valence-corrected chi connectivity index (χ0v) is 19.2. The van der Waals surface area contributed by atoms with Crippen LogP contribution in [0.5, 0.6) is 0 Å². The highest BCUT2D eigenvalue weighted by Crippen LogP contribution is 2.38. The summed E-state index contributed by atoms with van der Waals surface area (Å²) in [6.07, 6.45) is 6.73. The standard InChI is InChI=1S/C26H25FN4OS/c1-31-26(22(16-30-31)17-7-10-28-11-8-17)25-6-5-24(33-25)23(32)14-19-15-29-12-9-21(19)18-3-2-4-20(27)13-18/h2-8,10-11,13,16,19,21,29H,9,12,14-15H2,1H3/t19-,21+/m1/s1. The first-order chi connectivity index (χ1) is 16.1. The summed E-state index contributed by atoms with van der Waals surface area (Å²) in [6.45, 7) is 1.65. The van der Waals surface area contributed by atoms with Gasteiger partial charge in [0.15, 0.2) is 5.78 Å². The second-order valence-electron chi connectivity index (χ2n) is 8.47. The maximum atomic E-state index is 13.8. The number of piperidine rings is 1. The molecule has 0 bridgehead atoms. The van der Waals surface area contributed by atoms with Crippen LogP contribution in [0.3, 0.4) is 0 Å². The number of carbonyl (C=O) groups is 1. The van der Waals surface area contributed by atoms with Crippen molar-refractivity contribution < 1.29 is 9.18 Å². The summed E-state index contributed by atoms with van der Waals surface area (Å²) in [5.74, 6) is 0.234. The fourth-order valence-electron chi connectivity index (χ4n) is 4.74. The Bertz CT molecular complexity index is 1270. The molecule has 5 rings (SSSR count). The number of halogens is 1. The molecule has 0 spiro atoms. The molecule has 4 aromatic rings. The second kappa shape index (κ2) is 9.37. The van der Waals surface area contributed by atoms with Gasteiger partial charge in [-0.3, -0.25) is 14.5 Å². The number of aromatic nitrogens is 3. The van der Waals surface area contributed by atoms with Crippen molar-refractivity contribution in [1.29, 1.82) is 0 Å². The highest BCUT2D eigenvalue weighted by Gasteiger charge is 2.29. The van der Waals surface area contributed by atoms with Crippen LogP contribution in [-0.2, 0) is 7.05 Å². The van der Waals surface area contributed by atoms with Gasteiger partial charge >= 0.3 is 0 Å². The molecule has 7 heteroatoms. The van der Waals surface area contributed by atoms with Crippen LogP contribution < -0.4 is 5.32 Å². The number of hydrogen-bond donors (Lipinski definition) is 1. The average molecular weight is 461 g/mol. The number of thiophene rings is 1. The Kier molecular flexibility index (Phi) is 6.15. The van der Waals surface area contributed by atoms with E-state index >= 15 is 0 Å². The van der Waals surface area contributed by atoms with E-state index in [0.29, 0.717) is 6.42 Å². The van der Waals surface area contributed by atoms with Crippen LogP contribution in [0.1, 0.15) is 34.0 Å². The van der Waals surface area contributed by atoms with Crippen LogP contribution in [0, 0.1) is 11.7 Å². The van der Waals surface area contributed by atoms with Gasteiger partial charge in [-0.25, -0.2) is 4.39 Å². The number of hydrogen-bond acceptors (Lipinski definition) is 5. The maximum Gasteiger partial charge on any atom is 0.173 e. The third-order valence-corrected chi connectivity index (χ3v) is 7.51. The molecule has 1 aliphatic rings. The molecule has 1 saturated heterocycles. The third-order valence-electron chi connectivity index (χ3n) is 6.38. The number of ketones is 1. The van der Waals surface area contributed by atoms with Gasteiger partial charge in [0.1, 0.15) is 5.82 Å². The maximum absolute atomic E-state index is 13.8. The molecule has 168 valence electrons. The smallest absolute Gasteiger partial charge is 0.173 e. The van der Waals surface area contributed by atoms with E-state index < -0.39 is 0 Å². The lowest BCUT2D eigenvalue weighted by molar-refractivity contribution is 0.0950. The van der Waals surface area contributed by atoms with Gasteiger partial charge in [-0.2, -0.15) is 5.10 Å². The van der Waals surface area contributed by atoms with Gasteiger partial charge in [-0.15, -0.1) is 11.3 Å². The van der Waals surface area contributed by atoms with Crippen LogP contribution in [0.2, 0.25) is 0 Å². The van der Waals surface area contributed by atoms with Gasteiger partial charge in [0.2, 0.25) is 0 Å². The van der Waals surface area contributed by atoms with Crippen LogP contribution >= 0.6 is 11.3 Å². The molecule has 1 aromatic carbocycles. The van der Waals surface area contributed by atoms with Gasteiger partial charge in [0.25, 0.3) is 0 Å². The Labute approximate surface area is 196 Å². The Morgan fingerprint density at radius 2 is 2.06 bits per heavy atom. The van der Waals surface area contributed by atoms with Crippen molar-refractivity contribution in [2.45, 2.75) is 18.8 Å². The number of nitrogens with one attached hydrogen (secondary N) is 1. The number of carbonyl (C=O) groups excluding carboxylic acids is 1. The fourth-order valence-corrected chi connectivity index (χ4v) is 5.78. The highest BCUT2D eigenvalue weighted by atomic mass is 32.1. The zero-order valence-electron chi connectivity index (χ0n) is 18.4. The van der Waals surface area contributed by atoms with E-state index in [1.807, 2.05) is 48.3 Å². The van der Waals surface area contributed by atoms with Gasteiger partial charge < -0.3 is 5.32 Å². The van der Waals surface area contributed by atoms with E-state index in [1.54, 1.807) is 24.5 Å². The predicted molar refractivity (Wildman–Crippen MR) is 129 cm³/mol. The van der Waals surface area contributed by atoms with Gasteiger partial charge in [-0.05, 0) is 78.9 Å². The predicted octanol–water partition coefficient (Wildman–Crippen LogP) is 5.32. The summed E-state index contributed by atoms with van der Waals surface area (Å²) in [6, 6.07) is 14.7. The minimum Gasteiger partial charge on any atom is -0.316 e. The first kappa shape index (κ1) is 21.7. The molecule has 0 amide bonds. The SMILES string of the molecule is Cn1ncc(-c2ccncc2)c1-c1ccc(C(=O)C[C@@H]2CNCC[C@H]2c2cccc(F)c2)s1. The molecule has 33 heavy (non-hydrogen) atoms. The molecular formula is C26H25FN4OS. The number of rotatable bonds is 6. The lowest BCUT2D eigenvalue weighted by Crippen LogP contribution is -2.36. The minimum atomic E-state index is -0.222. The number of pyridine rings is 1. The van der Waals surface area contributed by atoms with Crippen LogP contribution in [0.25, 0.3) is 21.7 Å². The zero-order chi connectivity index (χ0) is 22.8. The Morgan fingerprint density at radius 3 is 2.88 bits per heavy atom. The summed E-state index contributed by atoms with van der Waals surface area (Å²) in [7, 11) is 1.92. The molecule has 4 heterocycles. The molecule has 1 aliphatic heterocycles. The molecule has 2 atom stereocenters. The molecular weight excluding hydrogens is 435 g/mol. The number of benzene rings is 1. The molecule has 0 saturated carbocycles.